The summed E-state index contributed by atoms with van der Waals surface area (Å²) in [5.74, 6) is 0.258. The highest BCUT2D eigenvalue weighted by Crippen LogP contribution is 2.23. The predicted octanol–water partition coefficient (Wildman–Crippen LogP) is 28.7. The van der Waals surface area contributed by atoms with Crippen LogP contribution in [0, 0.1) is 0 Å². The topological polar surface area (TPSA) is 152 Å². The summed E-state index contributed by atoms with van der Waals surface area (Å²) in [7, 11) is 3.64. The Hall–Kier alpha value is -3.26. The van der Waals surface area contributed by atoms with E-state index < -0.39 is 0 Å². The number of ether oxygens (including phenoxy) is 4. The Morgan fingerprint density at radius 1 is 0.211 bits per heavy atom. The van der Waals surface area contributed by atoms with Crippen LogP contribution in [0.1, 0.15) is 518 Å². The minimum absolute atomic E-state index is 0.00194. The molecule has 676 valence electrons. The van der Waals surface area contributed by atoms with E-state index >= 15 is 0 Å². The zero-order valence-electron chi connectivity index (χ0n) is 78.0. The van der Waals surface area contributed by atoms with Gasteiger partial charge in [0, 0.05) is 65.7 Å². The summed E-state index contributed by atoms with van der Waals surface area (Å²) in [6.45, 7) is 26.7. The number of likely N-dealkylation sites (N-methyl/N-ethyl adjacent to an activating group) is 2. The molecule has 0 spiro atoms. The van der Waals surface area contributed by atoms with Crippen molar-refractivity contribution in [1.29, 1.82) is 0 Å². The van der Waals surface area contributed by atoms with Crippen molar-refractivity contribution in [2.24, 2.45) is 0 Å². The van der Waals surface area contributed by atoms with Gasteiger partial charge in [0.15, 0.2) is 0 Å². The van der Waals surface area contributed by atoms with Gasteiger partial charge in [0.05, 0.1) is 13.2 Å². The van der Waals surface area contributed by atoms with Crippen molar-refractivity contribution in [3.05, 3.63) is 0 Å². The van der Waals surface area contributed by atoms with E-state index in [1.807, 2.05) is 14.0 Å². The summed E-state index contributed by atoms with van der Waals surface area (Å²) in [6, 6.07) is 0. The summed E-state index contributed by atoms with van der Waals surface area (Å²) in [5.41, 5.74) is 0. The lowest BCUT2D eigenvalue weighted by atomic mass is 10.0. The van der Waals surface area contributed by atoms with Crippen molar-refractivity contribution in [1.82, 2.24) is 19.6 Å². The van der Waals surface area contributed by atoms with Crippen molar-refractivity contribution in [2.75, 3.05) is 79.7 Å². The minimum Gasteiger partial charge on any atom is -0.466 e. The molecule has 14 heteroatoms. The zero-order valence-corrected chi connectivity index (χ0v) is 78.0. The molecule has 2 amide bonds. The average molecular weight is 1610 g/mol. The van der Waals surface area contributed by atoms with E-state index in [9.17, 15) is 28.8 Å². The van der Waals surface area contributed by atoms with E-state index in [0.29, 0.717) is 64.8 Å². The third-order valence-electron chi connectivity index (χ3n) is 23.4. The van der Waals surface area contributed by atoms with Crippen molar-refractivity contribution in [3.8, 4) is 0 Å². The Morgan fingerprint density at radius 3 is 0.702 bits per heavy atom. The van der Waals surface area contributed by atoms with Gasteiger partial charge in [-0.3, -0.25) is 28.8 Å². The fraction of sp³-hybridized carbons (Fsp3) is 0.940. The highest BCUT2D eigenvalue weighted by Gasteiger charge is 2.18. The van der Waals surface area contributed by atoms with Crippen LogP contribution in [0.25, 0.3) is 0 Å². The molecule has 0 N–H and O–H groups in total. The Morgan fingerprint density at radius 2 is 0.421 bits per heavy atom. The summed E-state index contributed by atoms with van der Waals surface area (Å²) in [4.78, 5) is 83.3. The fourth-order valence-corrected chi connectivity index (χ4v) is 15.5. The van der Waals surface area contributed by atoms with Crippen LogP contribution in [-0.2, 0) is 47.7 Å². The lowest BCUT2D eigenvalue weighted by Crippen LogP contribution is -2.37. The molecule has 14 nitrogen and oxygen atoms in total. The number of amides is 2. The summed E-state index contributed by atoms with van der Waals surface area (Å²) in [6.07, 6.45) is 82.7. The van der Waals surface area contributed by atoms with Crippen molar-refractivity contribution in [3.63, 3.8) is 0 Å². The normalized spacial score (nSPS) is 11.5. The van der Waals surface area contributed by atoms with Gasteiger partial charge in [0.1, 0.15) is 12.2 Å². The lowest BCUT2D eigenvalue weighted by Gasteiger charge is -2.23. The molecule has 0 aliphatic carbocycles. The second-order valence-corrected chi connectivity index (χ2v) is 34.7. The molecular weight excluding hydrogens is 1420 g/mol. The molecule has 0 atom stereocenters. The van der Waals surface area contributed by atoms with Crippen LogP contribution in [0.3, 0.4) is 0 Å². The lowest BCUT2D eigenvalue weighted by molar-refractivity contribution is -0.151. The number of nitrogens with zero attached hydrogens (tertiary/aromatic N) is 4. The van der Waals surface area contributed by atoms with E-state index in [0.717, 1.165) is 167 Å². The summed E-state index contributed by atoms with van der Waals surface area (Å²) in [5, 5.41) is 0. The first-order valence-corrected chi connectivity index (χ1v) is 50.4. The number of unbranched alkanes of at least 4 members (excludes halogenated alkanes) is 50. The smallest absolute Gasteiger partial charge is 0.306 e. The van der Waals surface area contributed by atoms with Crippen LogP contribution in [0.15, 0.2) is 0 Å². The van der Waals surface area contributed by atoms with Gasteiger partial charge in [-0.05, 0) is 174 Å². The number of hydrogen-bond donors (Lipinski definition) is 0. The number of esters is 4. The van der Waals surface area contributed by atoms with Crippen LogP contribution in [-0.4, -0.2) is 147 Å². The van der Waals surface area contributed by atoms with Crippen LogP contribution in [0.2, 0.25) is 0 Å². The molecule has 0 aromatic heterocycles. The molecule has 0 saturated heterocycles. The molecular formula is C100H196N4O10. The summed E-state index contributed by atoms with van der Waals surface area (Å²) < 4.78 is 23.0. The van der Waals surface area contributed by atoms with Crippen LogP contribution < -0.4 is 0 Å². The predicted molar refractivity (Wildman–Crippen MR) is 488 cm³/mol. The number of carbonyl (C=O) groups excluding carboxylic acids is 6. The highest BCUT2D eigenvalue weighted by atomic mass is 16.6. The molecule has 0 aromatic rings. The maximum Gasteiger partial charge on any atom is 0.306 e. The van der Waals surface area contributed by atoms with Crippen molar-refractivity contribution in [2.45, 2.75) is 530 Å². The zero-order chi connectivity index (χ0) is 83.7. The van der Waals surface area contributed by atoms with Gasteiger partial charge in [-0.25, -0.2) is 0 Å². The molecule has 0 rings (SSSR count). The highest BCUT2D eigenvalue weighted by molar-refractivity contribution is 5.77. The second kappa shape index (κ2) is 92.0. The van der Waals surface area contributed by atoms with Crippen molar-refractivity contribution < 1.29 is 47.7 Å². The number of hydrogen-bond acceptors (Lipinski definition) is 12. The molecule has 0 aliphatic heterocycles. The van der Waals surface area contributed by atoms with Gasteiger partial charge in [0.25, 0.3) is 0 Å². The first-order chi connectivity index (χ1) is 55.7. The molecule has 0 aromatic carbocycles. The van der Waals surface area contributed by atoms with Gasteiger partial charge in [-0.15, -0.1) is 0 Å². The van der Waals surface area contributed by atoms with E-state index in [-0.39, 0.29) is 47.9 Å². The first kappa shape index (κ1) is 113. The van der Waals surface area contributed by atoms with E-state index in [4.69, 9.17) is 18.9 Å². The molecule has 0 bridgehead atoms. The first-order valence-electron chi connectivity index (χ1n) is 50.4. The molecule has 0 fully saturated rings. The Bertz CT molecular complexity index is 2010. The minimum atomic E-state index is -0.0399. The number of rotatable bonds is 90. The quantitative estimate of drug-likeness (QED) is 0.0324. The second-order valence-electron chi connectivity index (χ2n) is 34.7. The Kier molecular flexibility index (Phi) is 91.1. The third kappa shape index (κ3) is 83.8. The van der Waals surface area contributed by atoms with Crippen LogP contribution in [0.5, 0.6) is 0 Å². The maximum absolute atomic E-state index is 12.9. The van der Waals surface area contributed by atoms with Crippen LogP contribution in [0.4, 0.5) is 0 Å². The third-order valence-corrected chi connectivity index (χ3v) is 23.4. The van der Waals surface area contributed by atoms with Gasteiger partial charge >= 0.3 is 23.9 Å². The van der Waals surface area contributed by atoms with Gasteiger partial charge in [-0.1, -0.05) is 344 Å². The molecule has 0 radical (unpaired) electrons. The standard InChI is InChI=1S/C54H105N3O6.C46H91NO4/c1-7-11-14-17-20-29-38-49-62-53(60)42-32-25-21-27-35-44-57(46-37-34-41-52(59)56(6)48-47-55(5)51(58)10-4)45-36-28-22-26-33-43-54(61)63-50(39-30-23-18-15-12-8-2)40-31-24-19-16-13-9-3;1-5-9-13-16-19-28-35-43-50-45(48)38-31-24-20-26-33-41-47(40-12-8-4)42-34-27-21-25-32-39-46(49)51-44(36-29-22-17-14-10-6-2)37-30-23-18-15-11-7-3/h50H,7-49H2,1-6H3;44H,5-43H2,1-4H3. The molecule has 0 aliphatic rings. The van der Waals surface area contributed by atoms with E-state index in [1.165, 1.54) is 296 Å². The summed E-state index contributed by atoms with van der Waals surface area (Å²) >= 11 is 0. The molecule has 0 saturated carbocycles. The van der Waals surface area contributed by atoms with Gasteiger partial charge in [-0.2, -0.15) is 0 Å². The largest absolute Gasteiger partial charge is 0.466 e. The van der Waals surface area contributed by atoms with Gasteiger partial charge in [0.2, 0.25) is 11.8 Å². The Balaban J connectivity index is 0. The van der Waals surface area contributed by atoms with E-state index in [2.05, 4.69) is 58.3 Å². The monoisotopic (exact) mass is 1610 g/mol. The molecule has 114 heavy (non-hydrogen) atoms. The van der Waals surface area contributed by atoms with Crippen LogP contribution >= 0.6 is 0 Å². The van der Waals surface area contributed by atoms with Gasteiger partial charge < -0.3 is 38.5 Å². The van der Waals surface area contributed by atoms with Crippen molar-refractivity contribution >= 4 is 35.7 Å². The molecule has 0 heterocycles. The SMILES string of the molecule is CCCCCCCCCOC(=O)CCCCCCCN(CCCC)CCCCCCCC(=O)OC(CCCCCCCC)CCCCCCCC.CCCCCCCCCOC(=O)CCCCCCCN(CCCCCCCC(=O)OC(CCCCCCCC)CCCCCCCC)CCCCC(=O)N(C)CCN(C)C(=O)CC. The van der Waals surface area contributed by atoms with E-state index in [1.54, 1.807) is 16.8 Å². The fourth-order valence-electron chi connectivity index (χ4n) is 15.5. The number of carbonyl (C=O) groups is 6. The molecule has 0 unspecified atom stereocenters. The maximum atomic E-state index is 12.9. The average Bonchev–Trinajstić information content (AvgIpc) is 1.03. The Labute approximate surface area is 708 Å².